The van der Waals surface area contributed by atoms with Crippen LogP contribution in [-0.2, 0) is 26.2 Å². The van der Waals surface area contributed by atoms with E-state index in [-0.39, 0.29) is 17.3 Å². The van der Waals surface area contributed by atoms with Gasteiger partial charge in [-0.3, -0.25) is 13.9 Å². The Morgan fingerprint density at radius 1 is 0.917 bits per heavy atom. The maximum atomic E-state index is 13.7. The van der Waals surface area contributed by atoms with Crippen molar-refractivity contribution in [1.29, 1.82) is 0 Å². The molecule has 0 aliphatic rings. The number of nitrogens with one attached hydrogen (secondary N) is 1. The minimum absolute atomic E-state index is 0.0519. The predicted molar refractivity (Wildman–Crippen MR) is 142 cm³/mol. The topological polar surface area (TPSA) is 86.8 Å². The van der Waals surface area contributed by atoms with Gasteiger partial charge in [-0.15, -0.1) is 0 Å². The van der Waals surface area contributed by atoms with Crippen LogP contribution in [-0.4, -0.2) is 44.3 Å². The van der Waals surface area contributed by atoms with Crippen LogP contribution in [0.1, 0.15) is 25.8 Å². The second kappa shape index (κ2) is 12.6. The van der Waals surface area contributed by atoms with E-state index in [0.29, 0.717) is 17.3 Å². The fourth-order valence-electron chi connectivity index (χ4n) is 3.61. The van der Waals surface area contributed by atoms with Crippen LogP contribution in [0.2, 0.25) is 5.02 Å². The fraction of sp³-hybridized carbons (Fsp3) is 0.259. The van der Waals surface area contributed by atoms with Gasteiger partial charge in [0.05, 0.1) is 10.6 Å². The van der Waals surface area contributed by atoms with E-state index in [2.05, 4.69) is 5.32 Å². The standard InChI is InChI=1S/C27H30ClN3O4S/c1-3-18-29-27(33)21(2)30(19-22-10-6-4-7-11-22)26(32)20-31(24-16-14-23(28)15-17-24)36(34,35)25-12-8-5-9-13-25/h4-17,21H,3,18-20H2,1-2H3,(H,29,33)/t21-/m1/s1. The highest BCUT2D eigenvalue weighted by atomic mass is 35.5. The third-order valence-electron chi connectivity index (χ3n) is 5.64. The molecular weight excluding hydrogens is 498 g/mol. The summed E-state index contributed by atoms with van der Waals surface area (Å²) >= 11 is 6.02. The Hall–Kier alpha value is -3.36. The Labute approximate surface area is 217 Å². The maximum Gasteiger partial charge on any atom is 0.264 e. The molecule has 190 valence electrons. The predicted octanol–water partition coefficient (Wildman–Crippen LogP) is 4.48. The average molecular weight is 528 g/mol. The number of rotatable bonds is 11. The second-order valence-corrected chi connectivity index (χ2v) is 10.6. The molecule has 0 fully saturated rings. The van der Waals surface area contributed by atoms with Gasteiger partial charge in [0.15, 0.2) is 0 Å². The van der Waals surface area contributed by atoms with Crippen LogP contribution >= 0.6 is 11.6 Å². The van der Waals surface area contributed by atoms with Crippen molar-refractivity contribution in [3.05, 3.63) is 95.5 Å². The molecule has 3 aromatic rings. The van der Waals surface area contributed by atoms with Gasteiger partial charge >= 0.3 is 0 Å². The van der Waals surface area contributed by atoms with E-state index in [1.165, 1.54) is 17.0 Å². The zero-order valence-electron chi connectivity index (χ0n) is 20.3. The molecule has 2 amide bonds. The summed E-state index contributed by atoms with van der Waals surface area (Å²) in [5.74, 6) is -0.808. The summed E-state index contributed by atoms with van der Waals surface area (Å²) in [5.41, 5.74) is 1.12. The Bertz CT molecular complexity index is 1250. The van der Waals surface area contributed by atoms with Crippen molar-refractivity contribution in [1.82, 2.24) is 10.2 Å². The van der Waals surface area contributed by atoms with Crippen molar-refractivity contribution in [2.75, 3.05) is 17.4 Å². The summed E-state index contributed by atoms with van der Waals surface area (Å²) < 4.78 is 28.3. The summed E-state index contributed by atoms with van der Waals surface area (Å²) in [4.78, 5) is 28.0. The smallest absolute Gasteiger partial charge is 0.264 e. The van der Waals surface area contributed by atoms with E-state index >= 15 is 0 Å². The fourth-order valence-corrected chi connectivity index (χ4v) is 5.18. The zero-order valence-corrected chi connectivity index (χ0v) is 21.9. The molecule has 0 aliphatic heterocycles. The lowest BCUT2D eigenvalue weighted by Gasteiger charge is -2.32. The van der Waals surface area contributed by atoms with Crippen molar-refractivity contribution < 1.29 is 18.0 Å². The molecule has 0 bridgehead atoms. The first-order valence-corrected chi connectivity index (χ1v) is 13.5. The Kier molecular flexibility index (Phi) is 9.50. The number of hydrogen-bond acceptors (Lipinski definition) is 4. The number of nitrogens with zero attached hydrogens (tertiary/aromatic N) is 2. The van der Waals surface area contributed by atoms with Crippen molar-refractivity contribution in [3.63, 3.8) is 0 Å². The number of sulfonamides is 1. The second-order valence-electron chi connectivity index (χ2n) is 8.28. The molecule has 3 rings (SSSR count). The van der Waals surface area contributed by atoms with E-state index in [9.17, 15) is 18.0 Å². The molecular formula is C27H30ClN3O4S. The van der Waals surface area contributed by atoms with Crippen molar-refractivity contribution in [2.24, 2.45) is 0 Å². The highest BCUT2D eigenvalue weighted by molar-refractivity contribution is 7.92. The van der Waals surface area contributed by atoms with Gasteiger partial charge < -0.3 is 10.2 Å². The number of carbonyl (C=O) groups is 2. The molecule has 1 atom stereocenters. The molecule has 9 heteroatoms. The number of anilines is 1. The number of amides is 2. The SMILES string of the molecule is CCCNC(=O)[C@@H](C)N(Cc1ccccc1)C(=O)CN(c1ccc(Cl)cc1)S(=O)(=O)c1ccccc1. The van der Waals surface area contributed by atoms with Gasteiger partial charge in [-0.1, -0.05) is 67.1 Å². The van der Waals surface area contributed by atoms with Crippen LogP contribution in [0.5, 0.6) is 0 Å². The summed E-state index contributed by atoms with van der Waals surface area (Å²) in [7, 11) is -4.09. The quantitative estimate of drug-likeness (QED) is 0.398. The largest absolute Gasteiger partial charge is 0.354 e. The summed E-state index contributed by atoms with van der Waals surface area (Å²) in [6.07, 6.45) is 0.755. The van der Waals surface area contributed by atoms with Gasteiger partial charge in [0, 0.05) is 18.1 Å². The number of halogens is 1. The number of benzene rings is 3. The van der Waals surface area contributed by atoms with Gasteiger partial charge in [0.2, 0.25) is 11.8 Å². The molecule has 0 spiro atoms. The third-order valence-corrected chi connectivity index (χ3v) is 7.68. The average Bonchev–Trinajstić information content (AvgIpc) is 2.90. The zero-order chi connectivity index (χ0) is 26.1. The highest BCUT2D eigenvalue weighted by Crippen LogP contribution is 2.26. The van der Waals surface area contributed by atoms with E-state index in [1.54, 1.807) is 49.4 Å². The van der Waals surface area contributed by atoms with Crippen LogP contribution in [0.3, 0.4) is 0 Å². The van der Waals surface area contributed by atoms with E-state index < -0.39 is 28.5 Å². The maximum absolute atomic E-state index is 13.7. The Morgan fingerprint density at radius 2 is 1.50 bits per heavy atom. The molecule has 0 unspecified atom stereocenters. The van der Waals surface area contributed by atoms with Crippen LogP contribution in [0.4, 0.5) is 5.69 Å². The lowest BCUT2D eigenvalue weighted by atomic mass is 10.1. The molecule has 36 heavy (non-hydrogen) atoms. The molecule has 7 nitrogen and oxygen atoms in total. The van der Waals surface area contributed by atoms with Crippen molar-refractivity contribution >= 4 is 39.1 Å². The summed E-state index contributed by atoms with van der Waals surface area (Å²) in [6.45, 7) is 3.73. The van der Waals surface area contributed by atoms with Crippen LogP contribution in [0.25, 0.3) is 0 Å². The van der Waals surface area contributed by atoms with Gasteiger partial charge in [-0.25, -0.2) is 8.42 Å². The summed E-state index contributed by atoms with van der Waals surface area (Å²) in [6, 6.07) is 22.6. The van der Waals surface area contributed by atoms with Gasteiger partial charge in [0.1, 0.15) is 12.6 Å². The molecule has 0 saturated carbocycles. The Balaban J connectivity index is 1.98. The molecule has 0 heterocycles. The molecule has 0 aliphatic carbocycles. The van der Waals surface area contributed by atoms with E-state index in [1.807, 2.05) is 37.3 Å². The lowest BCUT2D eigenvalue weighted by Crippen LogP contribution is -2.51. The lowest BCUT2D eigenvalue weighted by molar-refractivity contribution is -0.139. The number of carbonyl (C=O) groups excluding carboxylic acids is 2. The minimum Gasteiger partial charge on any atom is -0.354 e. The van der Waals surface area contributed by atoms with Gasteiger partial charge in [-0.05, 0) is 55.3 Å². The van der Waals surface area contributed by atoms with Gasteiger partial charge in [-0.2, -0.15) is 0 Å². The monoisotopic (exact) mass is 527 g/mol. The van der Waals surface area contributed by atoms with Crippen LogP contribution in [0.15, 0.2) is 89.8 Å². The first-order chi connectivity index (χ1) is 17.2. The highest BCUT2D eigenvalue weighted by Gasteiger charge is 2.32. The molecule has 0 saturated heterocycles. The minimum atomic E-state index is -4.09. The van der Waals surface area contributed by atoms with Crippen molar-refractivity contribution in [2.45, 2.75) is 37.8 Å². The third kappa shape index (κ3) is 6.86. The molecule has 3 aromatic carbocycles. The summed E-state index contributed by atoms with van der Waals surface area (Å²) in [5, 5.41) is 3.26. The van der Waals surface area contributed by atoms with Crippen LogP contribution < -0.4 is 9.62 Å². The number of hydrogen-bond donors (Lipinski definition) is 1. The van der Waals surface area contributed by atoms with Gasteiger partial charge in [0.25, 0.3) is 10.0 Å². The molecule has 0 aromatic heterocycles. The first-order valence-electron chi connectivity index (χ1n) is 11.7. The van der Waals surface area contributed by atoms with Crippen LogP contribution in [0, 0.1) is 0 Å². The van der Waals surface area contributed by atoms with Crippen molar-refractivity contribution in [3.8, 4) is 0 Å². The van der Waals surface area contributed by atoms with E-state index in [4.69, 9.17) is 11.6 Å². The Morgan fingerprint density at radius 3 is 2.08 bits per heavy atom. The van der Waals surface area contributed by atoms with E-state index in [0.717, 1.165) is 16.3 Å². The molecule has 1 N–H and O–H groups in total. The normalized spacial score (nSPS) is 12.0. The first kappa shape index (κ1) is 27.2. The molecule has 0 radical (unpaired) electrons.